The van der Waals surface area contributed by atoms with E-state index in [4.69, 9.17) is 15.2 Å². The minimum atomic E-state index is -0.229. The fourth-order valence-electron chi connectivity index (χ4n) is 2.46. The monoisotopic (exact) mass is 327 g/mol. The van der Waals surface area contributed by atoms with Gasteiger partial charge in [-0.25, -0.2) is 0 Å². The van der Waals surface area contributed by atoms with Gasteiger partial charge in [-0.05, 0) is 36.2 Å². The lowest BCUT2D eigenvalue weighted by Gasteiger charge is -2.13. The molecule has 1 aromatic carbocycles. The van der Waals surface area contributed by atoms with Crippen LogP contribution in [0, 0.1) is 5.92 Å². The molecule has 0 saturated carbocycles. The third kappa shape index (κ3) is 2.78. The van der Waals surface area contributed by atoms with Crippen LogP contribution < -0.4 is 15.2 Å². The summed E-state index contributed by atoms with van der Waals surface area (Å²) in [7, 11) is 3.22. The van der Waals surface area contributed by atoms with E-state index in [0.717, 1.165) is 11.3 Å². The Morgan fingerprint density at radius 3 is 2.42 bits per heavy atom. The van der Waals surface area contributed by atoms with Gasteiger partial charge in [0.1, 0.15) is 0 Å². The molecule has 3 aromatic rings. The maximum absolute atomic E-state index is 6.22. The first kappa shape index (κ1) is 16.2. The van der Waals surface area contributed by atoms with E-state index in [-0.39, 0.29) is 12.0 Å². The molecule has 0 aliphatic rings. The van der Waals surface area contributed by atoms with Crippen LogP contribution in [0.5, 0.6) is 11.5 Å². The van der Waals surface area contributed by atoms with Gasteiger partial charge in [-0.3, -0.25) is 0 Å². The summed E-state index contributed by atoms with van der Waals surface area (Å²) in [5, 5.41) is 13.0. The molecule has 2 heterocycles. The summed E-state index contributed by atoms with van der Waals surface area (Å²) in [6.45, 7) is 4.09. The van der Waals surface area contributed by atoms with Crippen molar-refractivity contribution in [1.82, 2.24) is 19.8 Å². The normalized spacial score (nSPS) is 12.6. The Labute approximate surface area is 140 Å². The van der Waals surface area contributed by atoms with Crippen molar-refractivity contribution in [2.24, 2.45) is 11.7 Å². The Balaban J connectivity index is 2.09. The molecule has 126 valence electrons. The molecule has 2 N–H and O–H groups in total. The summed E-state index contributed by atoms with van der Waals surface area (Å²) in [4.78, 5) is 0. The number of nitrogens with zero attached hydrogens (tertiary/aromatic N) is 4. The van der Waals surface area contributed by atoms with Gasteiger partial charge in [0.05, 0.1) is 26.0 Å². The van der Waals surface area contributed by atoms with Gasteiger partial charge in [-0.1, -0.05) is 13.8 Å². The second-order valence-corrected chi connectivity index (χ2v) is 5.89. The van der Waals surface area contributed by atoms with E-state index in [1.54, 1.807) is 18.7 Å². The lowest BCUT2D eigenvalue weighted by atomic mass is 10.1. The number of ether oxygens (including phenoxy) is 2. The lowest BCUT2D eigenvalue weighted by molar-refractivity contribution is 0.355. The van der Waals surface area contributed by atoms with Crippen LogP contribution in [0.2, 0.25) is 0 Å². The van der Waals surface area contributed by atoms with Crippen LogP contribution in [0.25, 0.3) is 16.9 Å². The smallest absolute Gasteiger partial charge is 0.178 e. The fourth-order valence-corrected chi connectivity index (χ4v) is 2.46. The quantitative estimate of drug-likeness (QED) is 0.774. The Morgan fingerprint density at radius 1 is 1.00 bits per heavy atom. The first-order chi connectivity index (χ1) is 11.5. The van der Waals surface area contributed by atoms with Crippen LogP contribution in [-0.4, -0.2) is 34.0 Å². The average molecular weight is 327 g/mol. The van der Waals surface area contributed by atoms with Crippen molar-refractivity contribution in [3.63, 3.8) is 0 Å². The Morgan fingerprint density at radius 2 is 1.75 bits per heavy atom. The lowest BCUT2D eigenvalue weighted by Crippen LogP contribution is -2.20. The first-order valence-electron chi connectivity index (χ1n) is 7.75. The van der Waals surface area contributed by atoms with Crippen molar-refractivity contribution >= 4 is 5.65 Å². The Hall–Kier alpha value is -2.67. The molecule has 0 aliphatic heterocycles. The van der Waals surface area contributed by atoms with Crippen LogP contribution in [0.4, 0.5) is 0 Å². The maximum atomic E-state index is 6.22. The zero-order valence-corrected chi connectivity index (χ0v) is 14.2. The van der Waals surface area contributed by atoms with Gasteiger partial charge in [0.2, 0.25) is 0 Å². The molecule has 1 atom stereocenters. The van der Waals surface area contributed by atoms with E-state index < -0.39 is 0 Å². The van der Waals surface area contributed by atoms with Gasteiger partial charge in [0, 0.05) is 5.56 Å². The average Bonchev–Trinajstić information content (AvgIpc) is 3.03. The second kappa shape index (κ2) is 6.45. The molecule has 0 fully saturated rings. The summed E-state index contributed by atoms with van der Waals surface area (Å²) in [6, 6.07) is 9.22. The summed E-state index contributed by atoms with van der Waals surface area (Å²) in [5.74, 6) is 2.22. The molecule has 2 aromatic heterocycles. The number of benzene rings is 1. The number of hydrogen-bond acceptors (Lipinski definition) is 6. The van der Waals surface area contributed by atoms with E-state index in [0.29, 0.717) is 23.0 Å². The number of nitrogens with two attached hydrogens (primary N) is 1. The molecule has 24 heavy (non-hydrogen) atoms. The van der Waals surface area contributed by atoms with Gasteiger partial charge in [-0.15, -0.1) is 10.2 Å². The maximum Gasteiger partial charge on any atom is 0.178 e. The molecule has 1 unspecified atom stereocenters. The molecule has 0 saturated heterocycles. The van der Waals surface area contributed by atoms with E-state index in [9.17, 15) is 0 Å². The SMILES string of the molecule is COc1ccc(-c2ccc3nnc(C(N)C(C)C)n3n2)cc1OC. The highest BCUT2D eigenvalue weighted by molar-refractivity contribution is 5.64. The van der Waals surface area contributed by atoms with Crippen molar-refractivity contribution < 1.29 is 9.47 Å². The van der Waals surface area contributed by atoms with Crippen molar-refractivity contribution in [2.45, 2.75) is 19.9 Å². The predicted molar refractivity (Wildman–Crippen MR) is 91.1 cm³/mol. The van der Waals surface area contributed by atoms with Crippen LogP contribution in [0.15, 0.2) is 30.3 Å². The van der Waals surface area contributed by atoms with E-state index in [2.05, 4.69) is 15.3 Å². The molecule has 0 radical (unpaired) electrons. The molecule has 0 amide bonds. The number of rotatable bonds is 5. The predicted octanol–water partition coefficient (Wildman–Crippen LogP) is 2.46. The molecule has 0 bridgehead atoms. The van der Waals surface area contributed by atoms with Gasteiger partial charge in [0.15, 0.2) is 23.0 Å². The topological polar surface area (TPSA) is 87.6 Å². The van der Waals surface area contributed by atoms with Crippen molar-refractivity contribution in [1.29, 1.82) is 0 Å². The highest BCUT2D eigenvalue weighted by atomic mass is 16.5. The largest absolute Gasteiger partial charge is 0.493 e. The van der Waals surface area contributed by atoms with Gasteiger partial charge in [0.25, 0.3) is 0 Å². The molecular weight excluding hydrogens is 306 g/mol. The number of fused-ring (bicyclic) bond motifs is 1. The van der Waals surface area contributed by atoms with E-state index in [1.807, 2.05) is 44.2 Å². The summed E-state index contributed by atoms with van der Waals surface area (Å²) in [5.41, 5.74) is 8.58. The van der Waals surface area contributed by atoms with Crippen LogP contribution in [-0.2, 0) is 0 Å². The minimum absolute atomic E-state index is 0.229. The van der Waals surface area contributed by atoms with E-state index in [1.165, 1.54) is 0 Å². The summed E-state index contributed by atoms with van der Waals surface area (Å²) < 4.78 is 12.3. The minimum Gasteiger partial charge on any atom is -0.493 e. The highest BCUT2D eigenvalue weighted by Crippen LogP contribution is 2.31. The highest BCUT2D eigenvalue weighted by Gasteiger charge is 2.18. The number of hydrogen-bond donors (Lipinski definition) is 1. The molecular formula is C17H21N5O2. The van der Waals surface area contributed by atoms with Crippen molar-refractivity contribution in [2.75, 3.05) is 14.2 Å². The van der Waals surface area contributed by atoms with Gasteiger partial charge < -0.3 is 15.2 Å². The zero-order valence-electron chi connectivity index (χ0n) is 14.2. The van der Waals surface area contributed by atoms with Crippen molar-refractivity contribution in [3.05, 3.63) is 36.2 Å². The van der Waals surface area contributed by atoms with Crippen molar-refractivity contribution in [3.8, 4) is 22.8 Å². The summed E-state index contributed by atoms with van der Waals surface area (Å²) >= 11 is 0. The van der Waals surface area contributed by atoms with Gasteiger partial charge >= 0.3 is 0 Å². The fraction of sp³-hybridized carbons (Fsp3) is 0.353. The number of aromatic nitrogens is 4. The third-order valence-electron chi connectivity index (χ3n) is 3.98. The molecule has 7 heteroatoms. The molecule has 7 nitrogen and oxygen atoms in total. The second-order valence-electron chi connectivity index (χ2n) is 5.89. The van der Waals surface area contributed by atoms with Crippen LogP contribution in [0.3, 0.4) is 0 Å². The number of methoxy groups -OCH3 is 2. The van der Waals surface area contributed by atoms with Crippen LogP contribution >= 0.6 is 0 Å². The third-order valence-corrected chi connectivity index (χ3v) is 3.98. The zero-order chi connectivity index (χ0) is 17.3. The van der Waals surface area contributed by atoms with Crippen LogP contribution in [0.1, 0.15) is 25.7 Å². The molecule has 0 aliphatic carbocycles. The summed E-state index contributed by atoms with van der Waals surface area (Å²) in [6.07, 6.45) is 0. The Kier molecular flexibility index (Phi) is 4.35. The first-order valence-corrected chi connectivity index (χ1v) is 7.75. The Bertz CT molecular complexity index is 859. The van der Waals surface area contributed by atoms with Gasteiger partial charge in [-0.2, -0.15) is 9.61 Å². The standard InChI is InChI=1S/C17H21N5O2/c1-10(2)16(18)17-20-19-15-8-6-12(21-22(15)17)11-5-7-13(23-3)14(9-11)24-4/h5-10,16H,18H2,1-4H3. The molecule has 3 rings (SSSR count). The van der Waals surface area contributed by atoms with E-state index >= 15 is 0 Å². The molecule has 0 spiro atoms.